The molecule has 3 heterocycles. The number of nitrogens with zero attached hydrogens (tertiary/aromatic N) is 2. The number of anilines is 1. The summed E-state index contributed by atoms with van der Waals surface area (Å²) in [6.45, 7) is 4.83. The molecule has 0 radical (unpaired) electrons. The van der Waals surface area contributed by atoms with Gasteiger partial charge in [-0.15, -0.1) is 0 Å². The predicted molar refractivity (Wildman–Crippen MR) is 74.4 cm³/mol. The lowest BCUT2D eigenvalue weighted by Crippen LogP contribution is -2.24. The Morgan fingerprint density at radius 3 is 2.95 bits per heavy atom. The number of H-pyrrole nitrogens is 1. The van der Waals surface area contributed by atoms with Crippen molar-refractivity contribution >= 4 is 5.82 Å². The van der Waals surface area contributed by atoms with E-state index < -0.39 is 0 Å². The Kier molecular flexibility index (Phi) is 2.81. The van der Waals surface area contributed by atoms with Crippen LogP contribution >= 0.6 is 0 Å². The van der Waals surface area contributed by atoms with Gasteiger partial charge in [0.1, 0.15) is 11.5 Å². The van der Waals surface area contributed by atoms with E-state index in [1.165, 1.54) is 0 Å². The van der Waals surface area contributed by atoms with Crippen molar-refractivity contribution in [3.05, 3.63) is 39.3 Å². The summed E-state index contributed by atoms with van der Waals surface area (Å²) in [6, 6.07) is 2.04. The van der Waals surface area contributed by atoms with Gasteiger partial charge in [-0.3, -0.25) is 9.78 Å². The van der Waals surface area contributed by atoms with Crippen molar-refractivity contribution in [3.63, 3.8) is 0 Å². The van der Waals surface area contributed by atoms with Crippen molar-refractivity contribution in [2.75, 3.05) is 11.9 Å². The molecule has 0 saturated heterocycles. The third-order valence-electron chi connectivity index (χ3n) is 3.35. The largest absolute Gasteiger partial charge is 0.370 e. The smallest absolute Gasteiger partial charge is 0.256 e. The molecule has 0 unspecified atom stereocenters. The lowest BCUT2D eigenvalue weighted by molar-refractivity contribution is 0.799. The monoisotopic (exact) mass is 256 g/mol. The predicted octanol–water partition coefficient (Wildman–Crippen LogP) is 1.81. The number of aromatic nitrogens is 3. The Bertz CT molecular complexity index is 690. The number of nitrogens with one attached hydrogen (secondary N) is 2. The average Bonchev–Trinajstić information content (AvgIpc) is 2.38. The number of aryl methyl sites for hydroxylation is 2. The van der Waals surface area contributed by atoms with Crippen molar-refractivity contribution in [3.8, 4) is 11.5 Å². The first-order valence-corrected chi connectivity index (χ1v) is 6.46. The minimum atomic E-state index is -0.0611. The Balaban J connectivity index is 2.15. The third-order valence-corrected chi connectivity index (χ3v) is 3.35. The second-order valence-corrected chi connectivity index (χ2v) is 4.95. The zero-order valence-corrected chi connectivity index (χ0v) is 11.1. The van der Waals surface area contributed by atoms with Crippen LogP contribution in [0.4, 0.5) is 5.82 Å². The van der Waals surface area contributed by atoms with Crippen molar-refractivity contribution < 1.29 is 0 Å². The van der Waals surface area contributed by atoms with Gasteiger partial charge in [0, 0.05) is 12.7 Å². The summed E-state index contributed by atoms with van der Waals surface area (Å²) in [5, 5.41) is 3.19. The standard InChI is InChI=1S/C14H16N4O/c1-8-6-9(2)11(16-7-8)13-17-12-10(14(19)18-13)4-3-5-15-12/h6-7H,3-5H2,1-2H3,(H2,15,17,18,19). The van der Waals surface area contributed by atoms with E-state index in [4.69, 9.17) is 0 Å². The maximum absolute atomic E-state index is 12.1. The summed E-state index contributed by atoms with van der Waals surface area (Å²) >= 11 is 0. The highest BCUT2D eigenvalue weighted by atomic mass is 16.1. The van der Waals surface area contributed by atoms with Gasteiger partial charge in [0.2, 0.25) is 0 Å². The molecular weight excluding hydrogens is 240 g/mol. The summed E-state index contributed by atoms with van der Waals surface area (Å²) in [5.41, 5.74) is 3.53. The fraction of sp³-hybridized carbons (Fsp3) is 0.357. The minimum Gasteiger partial charge on any atom is -0.370 e. The molecule has 0 atom stereocenters. The Labute approximate surface area is 111 Å². The molecule has 3 rings (SSSR count). The van der Waals surface area contributed by atoms with Gasteiger partial charge in [-0.05, 0) is 37.8 Å². The van der Waals surface area contributed by atoms with E-state index in [2.05, 4.69) is 20.3 Å². The van der Waals surface area contributed by atoms with Crippen LogP contribution in [0.2, 0.25) is 0 Å². The highest BCUT2D eigenvalue weighted by Gasteiger charge is 2.16. The lowest BCUT2D eigenvalue weighted by atomic mass is 10.1. The molecule has 0 aliphatic carbocycles. The van der Waals surface area contributed by atoms with Crippen LogP contribution in [0.5, 0.6) is 0 Å². The molecule has 1 aliphatic heterocycles. The Morgan fingerprint density at radius 2 is 2.16 bits per heavy atom. The lowest BCUT2D eigenvalue weighted by Gasteiger charge is -2.16. The molecule has 1 aliphatic rings. The zero-order chi connectivity index (χ0) is 13.4. The summed E-state index contributed by atoms with van der Waals surface area (Å²) in [6.07, 6.45) is 3.54. The molecule has 0 bridgehead atoms. The molecule has 0 fully saturated rings. The van der Waals surface area contributed by atoms with Crippen molar-refractivity contribution in [2.45, 2.75) is 26.7 Å². The highest BCUT2D eigenvalue weighted by molar-refractivity contribution is 5.58. The first-order chi connectivity index (χ1) is 9.15. The first kappa shape index (κ1) is 11.9. The van der Waals surface area contributed by atoms with Crippen LogP contribution in [-0.4, -0.2) is 21.5 Å². The number of rotatable bonds is 1. The van der Waals surface area contributed by atoms with Crippen LogP contribution in [-0.2, 0) is 6.42 Å². The maximum atomic E-state index is 12.1. The van der Waals surface area contributed by atoms with Crippen LogP contribution in [0.25, 0.3) is 11.5 Å². The number of hydrogen-bond donors (Lipinski definition) is 2. The van der Waals surface area contributed by atoms with E-state index in [9.17, 15) is 4.79 Å². The number of fused-ring (bicyclic) bond motifs is 1. The van der Waals surface area contributed by atoms with Gasteiger partial charge in [-0.1, -0.05) is 6.07 Å². The van der Waals surface area contributed by atoms with E-state index in [0.29, 0.717) is 11.6 Å². The van der Waals surface area contributed by atoms with Gasteiger partial charge < -0.3 is 10.3 Å². The summed E-state index contributed by atoms with van der Waals surface area (Å²) in [4.78, 5) is 23.8. The SMILES string of the molecule is Cc1cnc(-c2nc3c(c(=O)[nH]2)CCCN3)c(C)c1. The summed E-state index contributed by atoms with van der Waals surface area (Å²) in [5.74, 6) is 1.24. The van der Waals surface area contributed by atoms with Gasteiger partial charge in [-0.2, -0.15) is 0 Å². The van der Waals surface area contributed by atoms with Gasteiger partial charge in [0.15, 0.2) is 5.82 Å². The quantitative estimate of drug-likeness (QED) is 0.816. The van der Waals surface area contributed by atoms with Gasteiger partial charge >= 0.3 is 0 Å². The maximum Gasteiger partial charge on any atom is 0.256 e. The van der Waals surface area contributed by atoms with E-state index in [-0.39, 0.29) is 5.56 Å². The van der Waals surface area contributed by atoms with E-state index in [1.54, 1.807) is 6.20 Å². The number of pyridine rings is 1. The molecule has 2 aromatic rings. The number of aromatic amines is 1. The molecule has 0 saturated carbocycles. The van der Waals surface area contributed by atoms with E-state index >= 15 is 0 Å². The molecule has 5 nitrogen and oxygen atoms in total. The molecule has 0 amide bonds. The second kappa shape index (κ2) is 4.50. The highest BCUT2D eigenvalue weighted by Crippen LogP contribution is 2.21. The molecule has 0 aromatic carbocycles. The second-order valence-electron chi connectivity index (χ2n) is 4.95. The van der Waals surface area contributed by atoms with E-state index in [1.807, 2.05) is 19.9 Å². The van der Waals surface area contributed by atoms with Crippen molar-refractivity contribution in [1.82, 2.24) is 15.0 Å². The van der Waals surface area contributed by atoms with E-state index in [0.717, 1.165) is 41.8 Å². The first-order valence-electron chi connectivity index (χ1n) is 6.46. The molecule has 5 heteroatoms. The van der Waals surface area contributed by atoms with Crippen LogP contribution < -0.4 is 10.9 Å². The van der Waals surface area contributed by atoms with Crippen LogP contribution in [0, 0.1) is 13.8 Å². The van der Waals surface area contributed by atoms with Gasteiger partial charge in [-0.25, -0.2) is 4.98 Å². The third kappa shape index (κ3) is 2.12. The van der Waals surface area contributed by atoms with Crippen LogP contribution in [0.1, 0.15) is 23.1 Å². The summed E-state index contributed by atoms with van der Waals surface area (Å²) < 4.78 is 0. The molecule has 19 heavy (non-hydrogen) atoms. The van der Waals surface area contributed by atoms with Gasteiger partial charge in [0.05, 0.1) is 5.56 Å². The molecule has 2 aromatic heterocycles. The van der Waals surface area contributed by atoms with Gasteiger partial charge in [0.25, 0.3) is 5.56 Å². The normalized spacial score (nSPS) is 13.8. The minimum absolute atomic E-state index is 0.0611. The van der Waals surface area contributed by atoms with Crippen LogP contribution in [0.3, 0.4) is 0 Å². The van der Waals surface area contributed by atoms with Crippen LogP contribution in [0.15, 0.2) is 17.1 Å². The fourth-order valence-electron chi connectivity index (χ4n) is 2.42. The topological polar surface area (TPSA) is 70.7 Å². The Morgan fingerprint density at radius 1 is 1.32 bits per heavy atom. The van der Waals surface area contributed by atoms with Crippen molar-refractivity contribution in [2.24, 2.45) is 0 Å². The summed E-state index contributed by atoms with van der Waals surface area (Å²) in [7, 11) is 0. The molecular formula is C14H16N4O. The van der Waals surface area contributed by atoms with Crippen molar-refractivity contribution in [1.29, 1.82) is 0 Å². The fourth-order valence-corrected chi connectivity index (χ4v) is 2.42. The average molecular weight is 256 g/mol. The molecule has 98 valence electrons. The zero-order valence-electron chi connectivity index (χ0n) is 11.1. The molecule has 0 spiro atoms. The Hall–Kier alpha value is -2.17. The number of hydrogen-bond acceptors (Lipinski definition) is 4. The molecule has 2 N–H and O–H groups in total.